The number of hydrogen-bond acceptors (Lipinski definition) is 3. The Hall–Kier alpha value is -2.20. The van der Waals surface area contributed by atoms with E-state index in [1.54, 1.807) is 0 Å². The van der Waals surface area contributed by atoms with Gasteiger partial charge in [-0.1, -0.05) is 25.1 Å². The van der Waals surface area contributed by atoms with E-state index in [-0.39, 0.29) is 11.9 Å². The van der Waals surface area contributed by atoms with Crippen LogP contribution in [0.3, 0.4) is 0 Å². The summed E-state index contributed by atoms with van der Waals surface area (Å²) in [4.78, 5) is 18.8. The van der Waals surface area contributed by atoms with Crippen LogP contribution in [-0.2, 0) is 11.2 Å². The van der Waals surface area contributed by atoms with E-state index in [4.69, 9.17) is 0 Å². The van der Waals surface area contributed by atoms with Gasteiger partial charge in [0, 0.05) is 24.6 Å². The Labute approximate surface area is 138 Å². The van der Waals surface area contributed by atoms with Crippen molar-refractivity contribution in [1.29, 1.82) is 0 Å². The third-order valence-corrected chi connectivity index (χ3v) is 3.92. The van der Waals surface area contributed by atoms with Crippen molar-refractivity contribution in [2.75, 3.05) is 18.4 Å². The minimum Gasteiger partial charge on any atom is -0.325 e. The molecule has 1 unspecified atom stereocenters. The summed E-state index contributed by atoms with van der Waals surface area (Å²) in [5, 5.41) is 2.99. The van der Waals surface area contributed by atoms with Gasteiger partial charge >= 0.3 is 0 Å². The zero-order chi connectivity index (χ0) is 16.5. The number of hydrogen-bond donors (Lipinski definition) is 1. The van der Waals surface area contributed by atoms with Crippen LogP contribution in [0.4, 0.5) is 5.69 Å². The number of anilines is 1. The van der Waals surface area contributed by atoms with Gasteiger partial charge in [-0.25, -0.2) is 0 Å². The minimum absolute atomic E-state index is 0.0411. The van der Waals surface area contributed by atoms with E-state index in [1.165, 1.54) is 5.56 Å². The fourth-order valence-corrected chi connectivity index (χ4v) is 2.54. The van der Waals surface area contributed by atoms with Crippen molar-refractivity contribution in [1.82, 2.24) is 9.88 Å². The van der Waals surface area contributed by atoms with Crippen molar-refractivity contribution in [3.8, 4) is 0 Å². The summed E-state index contributed by atoms with van der Waals surface area (Å²) >= 11 is 0. The lowest BCUT2D eigenvalue weighted by Crippen LogP contribution is -2.43. The molecule has 0 saturated carbocycles. The summed E-state index contributed by atoms with van der Waals surface area (Å²) in [7, 11) is 0. The largest absolute Gasteiger partial charge is 0.325 e. The number of nitrogens with zero attached hydrogens (tertiary/aromatic N) is 2. The molecular weight excluding hydrogens is 286 g/mol. The average molecular weight is 311 g/mol. The summed E-state index contributed by atoms with van der Waals surface area (Å²) in [5.74, 6) is 0.0411. The highest BCUT2D eigenvalue weighted by Gasteiger charge is 2.20. The maximum Gasteiger partial charge on any atom is 0.241 e. The molecule has 4 nitrogen and oxygen atoms in total. The van der Waals surface area contributed by atoms with Crippen LogP contribution in [0.1, 0.15) is 25.8 Å². The lowest BCUT2D eigenvalue weighted by atomic mass is 10.1. The van der Waals surface area contributed by atoms with E-state index in [1.807, 2.05) is 61.8 Å². The zero-order valence-electron chi connectivity index (χ0n) is 13.9. The summed E-state index contributed by atoms with van der Waals surface area (Å²) < 4.78 is 0. The predicted molar refractivity (Wildman–Crippen MR) is 94.3 cm³/mol. The Morgan fingerprint density at radius 1 is 1.13 bits per heavy atom. The lowest BCUT2D eigenvalue weighted by molar-refractivity contribution is -0.120. The Morgan fingerprint density at radius 2 is 1.83 bits per heavy atom. The molecule has 1 heterocycles. The van der Waals surface area contributed by atoms with Gasteiger partial charge in [0.25, 0.3) is 0 Å². The number of amides is 1. The Bertz CT molecular complexity index is 586. The molecular formula is C19H25N3O. The summed E-state index contributed by atoms with van der Waals surface area (Å²) in [6.07, 6.45) is 5.57. The molecule has 122 valence electrons. The maximum atomic E-state index is 12.5. The molecule has 2 rings (SSSR count). The van der Waals surface area contributed by atoms with Gasteiger partial charge in [-0.3, -0.25) is 14.7 Å². The first-order chi connectivity index (χ1) is 11.2. The number of nitrogens with one attached hydrogen (secondary N) is 1. The summed E-state index contributed by atoms with van der Waals surface area (Å²) in [5.41, 5.74) is 2.09. The van der Waals surface area contributed by atoms with Crippen LogP contribution in [0.2, 0.25) is 0 Å². The molecule has 0 bridgehead atoms. The van der Waals surface area contributed by atoms with Gasteiger partial charge < -0.3 is 5.32 Å². The minimum atomic E-state index is -0.156. The fourth-order valence-electron chi connectivity index (χ4n) is 2.54. The van der Waals surface area contributed by atoms with E-state index in [0.29, 0.717) is 0 Å². The molecule has 1 N–H and O–H groups in total. The third kappa shape index (κ3) is 5.49. The number of para-hydroxylation sites is 1. The molecule has 1 aromatic heterocycles. The molecule has 2 aromatic rings. The van der Waals surface area contributed by atoms with Gasteiger partial charge in [0.05, 0.1) is 6.04 Å². The van der Waals surface area contributed by atoms with Crippen LogP contribution in [0.5, 0.6) is 0 Å². The highest BCUT2D eigenvalue weighted by Crippen LogP contribution is 2.10. The molecule has 4 heteroatoms. The van der Waals surface area contributed by atoms with Crippen LogP contribution in [0.25, 0.3) is 0 Å². The Kier molecular flexibility index (Phi) is 6.76. The second-order valence-electron chi connectivity index (χ2n) is 5.67. The van der Waals surface area contributed by atoms with Crippen LogP contribution < -0.4 is 5.32 Å². The monoisotopic (exact) mass is 311 g/mol. The predicted octanol–water partition coefficient (Wildman–Crippen LogP) is 3.36. The van der Waals surface area contributed by atoms with Gasteiger partial charge in [0.2, 0.25) is 5.91 Å². The first kappa shape index (κ1) is 17.2. The molecule has 0 aliphatic carbocycles. The van der Waals surface area contributed by atoms with E-state index < -0.39 is 0 Å². The molecule has 0 aliphatic rings. The Morgan fingerprint density at radius 3 is 2.48 bits per heavy atom. The number of pyridine rings is 1. The van der Waals surface area contributed by atoms with E-state index >= 15 is 0 Å². The van der Waals surface area contributed by atoms with Crippen LogP contribution >= 0.6 is 0 Å². The standard InChI is InChI=1S/C19H25N3O/c1-3-14-22(15-11-17-9-12-20-13-10-17)16(2)19(23)21-18-7-5-4-6-8-18/h4-10,12-13,16H,3,11,14-15H2,1-2H3,(H,21,23). The van der Waals surface area contributed by atoms with E-state index in [0.717, 1.165) is 31.6 Å². The SMILES string of the molecule is CCCN(CCc1ccncc1)C(C)C(=O)Nc1ccccc1. The quantitative estimate of drug-likeness (QED) is 0.813. The lowest BCUT2D eigenvalue weighted by Gasteiger charge is -2.28. The van der Waals surface area contributed by atoms with Gasteiger partial charge in [0.15, 0.2) is 0 Å². The summed E-state index contributed by atoms with van der Waals surface area (Å²) in [6, 6.07) is 13.5. The van der Waals surface area contributed by atoms with Crippen molar-refractivity contribution in [2.24, 2.45) is 0 Å². The van der Waals surface area contributed by atoms with Crippen molar-refractivity contribution in [3.05, 3.63) is 60.4 Å². The first-order valence-electron chi connectivity index (χ1n) is 8.19. The van der Waals surface area contributed by atoms with E-state index in [2.05, 4.69) is 22.1 Å². The van der Waals surface area contributed by atoms with Crippen LogP contribution in [0.15, 0.2) is 54.9 Å². The summed E-state index contributed by atoms with van der Waals surface area (Å²) in [6.45, 7) is 5.89. The second-order valence-corrected chi connectivity index (χ2v) is 5.67. The molecule has 1 aromatic carbocycles. The number of benzene rings is 1. The average Bonchev–Trinajstić information content (AvgIpc) is 2.59. The maximum absolute atomic E-state index is 12.5. The molecule has 1 atom stereocenters. The first-order valence-corrected chi connectivity index (χ1v) is 8.19. The van der Waals surface area contributed by atoms with Crippen molar-refractivity contribution < 1.29 is 4.79 Å². The molecule has 0 aliphatic heterocycles. The molecule has 1 amide bonds. The van der Waals surface area contributed by atoms with Gasteiger partial charge in [0.1, 0.15) is 0 Å². The van der Waals surface area contributed by atoms with Crippen LogP contribution in [-0.4, -0.2) is 34.9 Å². The fraction of sp³-hybridized carbons (Fsp3) is 0.368. The van der Waals surface area contributed by atoms with Gasteiger partial charge in [-0.2, -0.15) is 0 Å². The molecule has 0 radical (unpaired) electrons. The molecule has 0 fully saturated rings. The molecule has 0 saturated heterocycles. The zero-order valence-corrected chi connectivity index (χ0v) is 13.9. The van der Waals surface area contributed by atoms with Crippen molar-refractivity contribution in [3.63, 3.8) is 0 Å². The normalized spacial score (nSPS) is 12.1. The van der Waals surface area contributed by atoms with Crippen molar-refractivity contribution in [2.45, 2.75) is 32.7 Å². The topological polar surface area (TPSA) is 45.2 Å². The number of carbonyl (C=O) groups excluding carboxylic acids is 1. The highest BCUT2D eigenvalue weighted by atomic mass is 16.2. The smallest absolute Gasteiger partial charge is 0.241 e. The molecule has 23 heavy (non-hydrogen) atoms. The Balaban J connectivity index is 1.94. The second kappa shape index (κ2) is 9.06. The van der Waals surface area contributed by atoms with Gasteiger partial charge in [-0.05, 0) is 56.1 Å². The number of rotatable bonds is 8. The number of carbonyl (C=O) groups is 1. The van der Waals surface area contributed by atoms with Gasteiger partial charge in [-0.15, -0.1) is 0 Å². The van der Waals surface area contributed by atoms with E-state index in [9.17, 15) is 4.79 Å². The third-order valence-electron chi connectivity index (χ3n) is 3.92. The molecule has 0 spiro atoms. The number of aromatic nitrogens is 1. The highest BCUT2D eigenvalue weighted by molar-refractivity contribution is 5.94. The van der Waals surface area contributed by atoms with Crippen molar-refractivity contribution >= 4 is 11.6 Å². The van der Waals surface area contributed by atoms with Crippen LogP contribution in [0, 0.1) is 0 Å².